The van der Waals surface area contributed by atoms with Gasteiger partial charge in [-0.25, -0.2) is 8.42 Å². The predicted octanol–water partition coefficient (Wildman–Crippen LogP) is 0.414. The molecule has 0 spiro atoms. The average molecular weight is 314 g/mol. The number of hydrogen-bond acceptors (Lipinski definition) is 4. The molecule has 20 heavy (non-hydrogen) atoms. The second-order valence-electron chi connectivity index (χ2n) is 5.18. The normalized spacial score (nSPS) is 12.8. The van der Waals surface area contributed by atoms with Crippen LogP contribution in [0.1, 0.15) is 78.1 Å². The average Bonchev–Trinajstić information content (AvgIpc) is 2.34. The van der Waals surface area contributed by atoms with E-state index in [1.165, 1.54) is 45.4 Å². The van der Waals surface area contributed by atoms with Gasteiger partial charge in [0.25, 0.3) is 0 Å². The molecule has 0 radical (unpaired) electrons. The van der Waals surface area contributed by atoms with Crippen molar-refractivity contribution < 1.29 is 47.3 Å². The van der Waals surface area contributed by atoms with Crippen molar-refractivity contribution >= 4 is 15.9 Å². The van der Waals surface area contributed by atoms with Crippen LogP contribution in [0.25, 0.3) is 0 Å². The van der Waals surface area contributed by atoms with E-state index < -0.39 is 21.2 Å². The Bertz CT molecular complexity index is 341. The number of carbonyl (C=O) groups excluding carboxylic acids is 1. The molecule has 1 atom stereocenters. The molecular weight excluding hydrogens is 287 g/mol. The molecule has 0 aromatic heterocycles. The molecule has 1 unspecified atom stereocenters. The molecule has 6 heteroatoms. The number of rotatable bonds is 12. The van der Waals surface area contributed by atoms with Crippen LogP contribution in [-0.2, 0) is 14.9 Å². The van der Waals surface area contributed by atoms with Crippen LogP contribution >= 0.6 is 0 Å². The SMILES string of the molecule is CCCCCCCCCCCC(=O)C(C)S(=O)(=O)[O-].[Na+]. The third kappa shape index (κ3) is 12.3. The van der Waals surface area contributed by atoms with E-state index in [-0.39, 0.29) is 36.0 Å². The first-order chi connectivity index (χ1) is 8.89. The van der Waals surface area contributed by atoms with E-state index in [0.29, 0.717) is 6.42 Å². The summed E-state index contributed by atoms with van der Waals surface area (Å²) in [4.78, 5) is 11.4. The number of unbranched alkanes of at least 4 members (excludes halogenated alkanes) is 8. The summed E-state index contributed by atoms with van der Waals surface area (Å²) in [7, 11) is -4.46. The van der Waals surface area contributed by atoms with Gasteiger partial charge in [0.05, 0.1) is 0 Å². The fraction of sp³-hybridized carbons (Fsp3) is 0.929. The molecule has 0 aliphatic heterocycles. The Hall–Kier alpha value is 0.580. The third-order valence-corrected chi connectivity index (χ3v) is 4.54. The predicted molar refractivity (Wildman–Crippen MR) is 76.0 cm³/mol. The fourth-order valence-corrected chi connectivity index (χ4v) is 2.41. The monoisotopic (exact) mass is 314 g/mol. The molecule has 0 bridgehead atoms. The summed E-state index contributed by atoms with van der Waals surface area (Å²) in [5, 5.41) is -1.39. The Labute approximate surface area is 146 Å². The van der Waals surface area contributed by atoms with Gasteiger partial charge in [0.1, 0.15) is 21.2 Å². The second-order valence-corrected chi connectivity index (χ2v) is 6.87. The van der Waals surface area contributed by atoms with Crippen molar-refractivity contribution in [1.82, 2.24) is 0 Å². The smallest absolute Gasteiger partial charge is 0.747 e. The van der Waals surface area contributed by atoms with Gasteiger partial charge in [0.15, 0.2) is 0 Å². The number of hydrogen-bond donors (Lipinski definition) is 0. The Balaban J connectivity index is 0. The first kappa shape index (κ1) is 22.9. The Morgan fingerprint density at radius 3 is 1.75 bits per heavy atom. The minimum atomic E-state index is -4.46. The largest absolute Gasteiger partial charge is 1.00 e. The summed E-state index contributed by atoms with van der Waals surface area (Å²) in [5.74, 6) is -0.446. The van der Waals surface area contributed by atoms with Crippen molar-refractivity contribution in [2.75, 3.05) is 0 Å². The van der Waals surface area contributed by atoms with Crippen molar-refractivity contribution in [2.45, 2.75) is 83.3 Å². The summed E-state index contributed by atoms with van der Waals surface area (Å²) in [6, 6.07) is 0. The van der Waals surface area contributed by atoms with Crippen LogP contribution in [0.3, 0.4) is 0 Å². The topological polar surface area (TPSA) is 74.3 Å². The van der Waals surface area contributed by atoms with Gasteiger partial charge >= 0.3 is 29.6 Å². The van der Waals surface area contributed by atoms with Gasteiger partial charge in [0, 0.05) is 6.42 Å². The third-order valence-electron chi connectivity index (χ3n) is 3.41. The van der Waals surface area contributed by atoms with E-state index in [0.717, 1.165) is 12.8 Å². The number of ketones is 1. The van der Waals surface area contributed by atoms with Gasteiger partial charge in [-0.05, 0) is 13.3 Å². The van der Waals surface area contributed by atoms with E-state index in [4.69, 9.17) is 0 Å². The molecule has 4 nitrogen and oxygen atoms in total. The summed E-state index contributed by atoms with van der Waals surface area (Å²) in [6.07, 6.45) is 10.5. The Kier molecular flexibility index (Phi) is 15.1. The quantitative estimate of drug-likeness (QED) is 0.297. The summed E-state index contributed by atoms with van der Waals surface area (Å²) in [5.41, 5.74) is 0. The van der Waals surface area contributed by atoms with Crippen LogP contribution in [0.2, 0.25) is 0 Å². The zero-order valence-electron chi connectivity index (χ0n) is 13.2. The van der Waals surface area contributed by atoms with Gasteiger partial charge in [-0.2, -0.15) is 0 Å². The second kappa shape index (κ2) is 13.3. The van der Waals surface area contributed by atoms with Crippen molar-refractivity contribution in [2.24, 2.45) is 0 Å². The van der Waals surface area contributed by atoms with Crippen LogP contribution < -0.4 is 29.6 Å². The van der Waals surface area contributed by atoms with Crippen molar-refractivity contribution in [3.63, 3.8) is 0 Å². The summed E-state index contributed by atoms with van der Waals surface area (Å²) >= 11 is 0. The van der Waals surface area contributed by atoms with E-state index in [1.807, 2.05) is 0 Å². The number of Topliss-reactive ketones (excluding diaryl/α,β-unsaturated/α-hetero) is 1. The first-order valence-corrected chi connectivity index (χ1v) is 8.84. The van der Waals surface area contributed by atoms with Gasteiger partial charge in [-0.3, -0.25) is 4.79 Å². The number of carbonyl (C=O) groups is 1. The molecule has 0 amide bonds. The van der Waals surface area contributed by atoms with E-state index in [2.05, 4.69) is 6.92 Å². The van der Waals surface area contributed by atoms with Gasteiger partial charge in [-0.1, -0.05) is 58.3 Å². The van der Waals surface area contributed by atoms with Crippen LogP contribution in [0.4, 0.5) is 0 Å². The Morgan fingerprint density at radius 2 is 1.35 bits per heavy atom. The van der Waals surface area contributed by atoms with Crippen LogP contribution in [0.5, 0.6) is 0 Å². The maximum atomic E-state index is 11.4. The van der Waals surface area contributed by atoms with E-state index in [9.17, 15) is 17.8 Å². The van der Waals surface area contributed by atoms with Crippen molar-refractivity contribution in [1.29, 1.82) is 0 Å². The molecule has 0 saturated carbocycles. The molecule has 0 heterocycles. The minimum Gasteiger partial charge on any atom is -0.747 e. The standard InChI is InChI=1S/C14H28O4S.Na/c1-3-4-5-6-7-8-9-10-11-12-14(15)13(2)19(16,17)18;/h13H,3-12H2,1-2H3,(H,16,17,18);/q;+1/p-1. The molecule has 114 valence electrons. The fourth-order valence-electron chi connectivity index (χ4n) is 1.97. The van der Waals surface area contributed by atoms with Gasteiger partial charge in [-0.15, -0.1) is 0 Å². The maximum Gasteiger partial charge on any atom is 1.00 e. The van der Waals surface area contributed by atoms with E-state index in [1.54, 1.807) is 0 Å². The summed E-state index contributed by atoms with van der Waals surface area (Å²) < 4.78 is 32.0. The molecule has 0 N–H and O–H groups in total. The minimum absolute atomic E-state index is 0. The van der Waals surface area contributed by atoms with Crippen LogP contribution in [0, 0.1) is 0 Å². The molecule has 0 saturated heterocycles. The molecule has 0 rings (SSSR count). The summed E-state index contributed by atoms with van der Waals surface area (Å²) in [6.45, 7) is 3.37. The van der Waals surface area contributed by atoms with Crippen LogP contribution in [-0.4, -0.2) is 24.0 Å². The van der Waals surface area contributed by atoms with Crippen molar-refractivity contribution in [3.05, 3.63) is 0 Å². The zero-order valence-corrected chi connectivity index (χ0v) is 16.0. The zero-order chi connectivity index (χ0) is 14.7. The molecule has 0 fully saturated rings. The molecular formula is C14H27NaO4S. The Morgan fingerprint density at radius 1 is 0.950 bits per heavy atom. The van der Waals surface area contributed by atoms with Crippen LogP contribution in [0.15, 0.2) is 0 Å². The maximum absolute atomic E-state index is 11.4. The first-order valence-electron chi connectivity index (χ1n) is 7.37. The van der Waals surface area contributed by atoms with Gasteiger partial charge in [0.2, 0.25) is 0 Å². The molecule has 0 aliphatic carbocycles. The molecule has 0 aromatic rings. The molecule has 0 aromatic carbocycles. The van der Waals surface area contributed by atoms with E-state index >= 15 is 0 Å². The van der Waals surface area contributed by atoms with Crippen molar-refractivity contribution in [3.8, 4) is 0 Å². The van der Waals surface area contributed by atoms with Gasteiger partial charge < -0.3 is 4.55 Å². The molecule has 0 aliphatic rings.